The molecule has 0 fully saturated rings. The van der Waals surface area contributed by atoms with Crippen molar-refractivity contribution in [3.63, 3.8) is 0 Å². The molecule has 0 saturated carbocycles. The number of nitrogens with one attached hydrogen (secondary N) is 1. The van der Waals surface area contributed by atoms with Gasteiger partial charge in [-0.15, -0.1) is 0 Å². The molecule has 0 aliphatic rings. The van der Waals surface area contributed by atoms with E-state index in [1.165, 1.54) is 0 Å². The molecular formula is C15H15BrN2O. The zero-order chi connectivity index (χ0) is 13.8. The van der Waals surface area contributed by atoms with Crippen LogP contribution < -0.4 is 11.1 Å². The first-order valence-corrected chi connectivity index (χ1v) is 6.75. The monoisotopic (exact) mass is 318 g/mol. The fourth-order valence-corrected chi connectivity index (χ4v) is 2.38. The van der Waals surface area contributed by atoms with Crippen LogP contribution in [0.2, 0.25) is 0 Å². The number of anilines is 2. The Morgan fingerprint density at radius 3 is 2.68 bits per heavy atom. The average Bonchev–Trinajstić information content (AvgIpc) is 2.36. The van der Waals surface area contributed by atoms with E-state index >= 15 is 0 Å². The van der Waals surface area contributed by atoms with Crippen LogP contribution in [-0.2, 0) is 11.2 Å². The smallest absolute Gasteiger partial charge is 0.228 e. The Labute approximate surface area is 121 Å². The molecule has 0 unspecified atom stereocenters. The van der Waals surface area contributed by atoms with Gasteiger partial charge in [-0.2, -0.15) is 0 Å². The summed E-state index contributed by atoms with van der Waals surface area (Å²) in [6.45, 7) is 2.00. The lowest BCUT2D eigenvalue weighted by molar-refractivity contribution is -0.115. The van der Waals surface area contributed by atoms with E-state index in [1.807, 2.05) is 43.3 Å². The second-order valence-electron chi connectivity index (χ2n) is 4.41. The van der Waals surface area contributed by atoms with E-state index in [0.717, 1.165) is 21.3 Å². The minimum atomic E-state index is -0.0811. The first kappa shape index (κ1) is 13.6. The lowest BCUT2D eigenvalue weighted by Crippen LogP contribution is -2.15. The molecule has 0 bridgehead atoms. The molecule has 2 aromatic rings. The van der Waals surface area contributed by atoms with Crippen LogP contribution in [0.3, 0.4) is 0 Å². The van der Waals surface area contributed by atoms with Crippen LogP contribution in [0, 0.1) is 6.92 Å². The summed E-state index contributed by atoms with van der Waals surface area (Å²) in [4.78, 5) is 12.0. The molecule has 4 heteroatoms. The van der Waals surface area contributed by atoms with E-state index in [0.29, 0.717) is 5.69 Å². The lowest BCUT2D eigenvalue weighted by atomic mass is 10.1. The van der Waals surface area contributed by atoms with Crippen LogP contribution in [0.1, 0.15) is 11.1 Å². The Morgan fingerprint density at radius 1 is 1.26 bits per heavy atom. The fraction of sp³-hybridized carbons (Fsp3) is 0.133. The largest absolute Gasteiger partial charge is 0.398 e. The summed E-state index contributed by atoms with van der Waals surface area (Å²) < 4.78 is 0.877. The third kappa shape index (κ3) is 3.58. The van der Waals surface area contributed by atoms with Crippen molar-refractivity contribution in [3.8, 4) is 0 Å². The van der Waals surface area contributed by atoms with Gasteiger partial charge in [0.1, 0.15) is 0 Å². The molecule has 0 spiro atoms. The molecule has 98 valence electrons. The Kier molecular flexibility index (Phi) is 4.22. The summed E-state index contributed by atoms with van der Waals surface area (Å²) in [5, 5.41) is 2.87. The third-order valence-corrected chi connectivity index (χ3v) is 3.46. The molecule has 0 aromatic heterocycles. The molecule has 1 amide bonds. The minimum Gasteiger partial charge on any atom is -0.398 e. The normalized spacial score (nSPS) is 10.2. The predicted octanol–water partition coefficient (Wildman–Crippen LogP) is 3.52. The van der Waals surface area contributed by atoms with Crippen LogP contribution >= 0.6 is 15.9 Å². The summed E-state index contributed by atoms with van der Waals surface area (Å²) in [6, 6.07) is 13.2. The Hall–Kier alpha value is -1.81. The molecule has 0 radical (unpaired) electrons. The van der Waals surface area contributed by atoms with Crippen LogP contribution in [0.4, 0.5) is 11.4 Å². The van der Waals surface area contributed by atoms with Gasteiger partial charge in [0.15, 0.2) is 0 Å². The average molecular weight is 319 g/mol. The quantitative estimate of drug-likeness (QED) is 0.851. The Morgan fingerprint density at radius 2 is 2.00 bits per heavy atom. The van der Waals surface area contributed by atoms with Gasteiger partial charge in [-0.3, -0.25) is 4.79 Å². The molecular weight excluding hydrogens is 304 g/mol. The van der Waals surface area contributed by atoms with Crippen molar-refractivity contribution in [3.05, 3.63) is 58.1 Å². The van der Waals surface area contributed by atoms with Gasteiger partial charge < -0.3 is 11.1 Å². The third-order valence-electron chi connectivity index (χ3n) is 2.80. The first-order chi connectivity index (χ1) is 9.06. The summed E-state index contributed by atoms with van der Waals surface area (Å²) in [5.41, 5.74) is 9.20. The Balaban J connectivity index is 2.08. The topological polar surface area (TPSA) is 55.1 Å². The van der Waals surface area contributed by atoms with Crippen molar-refractivity contribution in [2.75, 3.05) is 11.1 Å². The van der Waals surface area contributed by atoms with E-state index in [4.69, 9.17) is 5.73 Å². The second-order valence-corrected chi connectivity index (χ2v) is 5.26. The van der Waals surface area contributed by atoms with E-state index in [1.54, 1.807) is 6.07 Å². The van der Waals surface area contributed by atoms with Gasteiger partial charge in [0.25, 0.3) is 0 Å². The number of para-hydroxylation sites is 1. The number of rotatable bonds is 3. The molecule has 3 N–H and O–H groups in total. The van der Waals surface area contributed by atoms with Crippen LogP contribution in [-0.4, -0.2) is 5.91 Å². The number of benzene rings is 2. The van der Waals surface area contributed by atoms with Gasteiger partial charge >= 0.3 is 0 Å². The predicted molar refractivity (Wildman–Crippen MR) is 82.1 cm³/mol. The SMILES string of the molecule is Cc1ccc(NC(=O)Cc2ccccc2N)c(Br)c1. The minimum absolute atomic E-state index is 0.0811. The van der Waals surface area contributed by atoms with Gasteiger partial charge in [-0.1, -0.05) is 24.3 Å². The van der Waals surface area contributed by atoms with Crippen molar-refractivity contribution in [2.45, 2.75) is 13.3 Å². The molecule has 0 aliphatic carbocycles. The number of hydrogen-bond acceptors (Lipinski definition) is 2. The van der Waals surface area contributed by atoms with Gasteiger partial charge in [0.05, 0.1) is 12.1 Å². The molecule has 0 aliphatic heterocycles. The molecule has 2 aromatic carbocycles. The van der Waals surface area contributed by atoms with E-state index < -0.39 is 0 Å². The first-order valence-electron chi connectivity index (χ1n) is 5.95. The standard InChI is InChI=1S/C15H15BrN2O/c1-10-6-7-14(12(16)8-10)18-15(19)9-11-4-2-3-5-13(11)17/h2-8H,9,17H2,1H3,(H,18,19). The zero-order valence-corrected chi connectivity index (χ0v) is 12.2. The van der Waals surface area contributed by atoms with Crippen LogP contribution in [0.15, 0.2) is 46.9 Å². The highest BCUT2D eigenvalue weighted by atomic mass is 79.9. The molecule has 3 nitrogen and oxygen atoms in total. The van der Waals surface area contributed by atoms with E-state index in [9.17, 15) is 4.79 Å². The van der Waals surface area contributed by atoms with Crippen molar-refractivity contribution >= 4 is 33.2 Å². The summed E-state index contributed by atoms with van der Waals surface area (Å²) in [7, 11) is 0. The summed E-state index contributed by atoms with van der Waals surface area (Å²) >= 11 is 3.44. The molecule has 19 heavy (non-hydrogen) atoms. The van der Waals surface area contributed by atoms with E-state index in [-0.39, 0.29) is 12.3 Å². The highest BCUT2D eigenvalue weighted by molar-refractivity contribution is 9.10. The number of hydrogen-bond donors (Lipinski definition) is 2. The maximum atomic E-state index is 12.0. The second kappa shape index (κ2) is 5.89. The van der Waals surface area contributed by atoms with Crippen LogP contribution in [0.25, 0.3) is 0 Å². The number of nitrogen functional groups attached to an aromatic ring is 1. The molecule has 0 atom stereocenters. The highest BCUT2D eigenvalue weighted by Gasteiger charge is 2.08. The fourth-order valence-electron chi connectivity index (χ4n) is 1.78. The summed E-state index contributed by atoms with van der Waals surface area (Å²) in [5.74, 6) is -0.0811. The van der Waals surface area contributed by atoms with Crippen molar-refractivity contribution in [1.29, 1.82) is 0 Å². The van der Waals surface area contributed by atoms with Gasteiger partial charge in [-0.05, 0) is 52.2 Å². The number of carbonyl (C=O) groups is 1. The maximum Gasteiger partial charge on any atom is 0.228 e. The molecule has 0 saturated heterocycles. The van der Waals surface area contributed by atoms with Crippen molar-refractivity contribution in [2.24, 2.45) is 0 Å². The van der Waals surface area contributed by atoms with Gasteiger partial charge in [-0.25, -0.2) is 0 Å². The number of amides is 1. The Bertz CT molecular complexity index is 611. The molecule has 0 heterocycles. The number of carbonyl (C=O) groups excluding carboxylic acids is 1. The van der Waals surface area contributed by atoms with Crippen molar-refractivity contribution < 1.29 is 4.79 Å². The summed E-state index contributed by atoms with van der Waals surface area (Å²) in [6.07, 6.45) is 0.271. The van der Waals surface area contributed by atoms with Crippen molar-refractivity contribution in [1.82, 2.24) is 0 Å². The lowest BCUT2D eigenvalue weighted by Gasteiger charge is -2.09. The number of nitrogens with two attached hydrogens (primary N) is 1. The van der Waals surface area contributed by atoms with Gasteiger partial charge in [0.2, 0.25) is 5.91 Å². The van der Waals surface area contributed by atoms with Gasteiger partial charge in [0, 0.05) is 10.2 Å². The zero-order valence-electron chi connectivity index (χ0n) is 10.6. The number of halogens is 1. The molecule has 2 rings (SSSR count). The van der Waals surface area contributed by atoms with E-state index in [2.05, 4.69) is 21.2 Å². The maximum absolute atomic E-state index is 12.0. The highest BCUT2D eigenvalue weighted by Crippen LogP contribution is 2.23. The van der Waals surface area contributed by atoms with Crippen LogP contribution in [0.5, 0.6) is 0 Å². The number of aryl methyl sites for hydroxylation is 1.